The first kappa shape index (κ1) is 33.5. The lowest BCUT2D eigenvalue weighted by atomic mass is 9.96. The van der Waals surface area contributed by atoms with E-state index >= 15 is 0 Å². The van der Waals surface area contributed by atoms with Crippen LogP contribution >= 0.6 is 0 Å². The highest BCUT2D eigenvalue weighted by molar-refractivity contribution is 6.02. The van der Waals surface area contributed by atoms with E-state index in [2.05, 4.69) is 17.2 Å². The average molecular weight is 687 g/mol. The van der Waals surface area contributed by atoms with Gasteiger partial charge in [-0.15, -0.1) is 0 Å². The molecule has 3 aliphatic rings. The Kier molecular flexibility index (Phi) is 10.8. The predicted octanol–water partition coefficient (Wildman–Crippen LogP) is 1.94. The van der Waals surface area contributed by atoms with Crippen molar-refractivity contribution in [2.24, 2.45) is 5.92 Å². The molecule has 3 N–H and O–H groups in total. The van der Waals surface area contributed by atoms with Crippen molar-refractivity contribution >= 4 is 35.4 Å². The van der Waals surface area contributed by atoms with Crippen LogP contribution in [0.4, 0.5) is 0 Å². The first-order valence-electron chi connectivity index (χ1n) is 18.5. The molecule has 3 fully saturated rings. The number of rotatable bonds is 6. The molecular weight excluding hydrogens is 636 g/mol. The van der Waals surface area contributed by atoms with Crippen molar-refractivity contribution in [1.82, 2.24) is 30.6 Å². The Hall–Kier alpha value is -5.00. The van der Waals surface area contributed by atoms with Crippen molar-refractivity contribution in [2.45, 2.75) is 89.0 Å². The first-order chi connectivity index (χ1) is 25.0. The molecule has 2 aromatic carbocycles. The van der Waals surface area contributed by atoms with Gasteiger partial charge in [-0.25, -0.2) is 0 Å². The van der Waals surface area contributed by atoms with Gasteiger partial charge in [0.25, 0.3) is 5.91 Å². The second kappa shape index (κ2) is 16.1. The Morgan fingerprint density at radius 3 is 1.96 bits per heavy atom. The normalized spacial score (nSPS) is 27.2. The van der Waals surface area contributed by atoms with Crippen LogP contribution in [0, 0.1) is 5.92 Å². The number of amides is 6. The van der Waals surface area contributed by atoms with E-state index in [-0.39, 0.29) is 44.5 Å². The maximum absolute atomic E-state index is 14.5. The Morgan fingerprint density at radius 2 is 1.38 bits per heavy atom. The van der Waals surface area contributed by atoms with Crippen LogP contribution < -0.4 is 15.9 Å². The van der Waals surface area contributed by atoms with Gasteiger partial charge < -0.3 is 30.6 Å². The summed E-state index contributed by atoms with van der Waals surface area (Å²) >= 11 is 0. The summed E-state index contributed by atoms with van der Waals surface area (Å²) in [6.07, 6.45) is 2.01. The zero-order chi connectivity index (χ0) is 37.5. The second-order valence-electron chi connectivity index (χ2n) is 13.4. The number of hydrogen-bond acceptors (Lipinski definition) is 6. The molecule has 266 valence electrons. The molecular formula is C38H48N6O6. The quantitative estimate of drug-likeness (QED) is 0.396. The summed E-state index contributed by atoms with van der Waals surface area (Å²) in [6.45, 7) is 7.78. The summed E-state index contributed by atoms with van der Waals surface area (Å²) in [4.78, 5) is 88.6. The third-order valence-corrected chi connectivity index (χ3v) is 10.0. The van der Waals surface area contributed by atoms with E-state index in [1.807, 2.05) is 19.1 Å². The van der Waals surface area contributed by atoms with Crippen LogP contribution in [0.25, 0.3) is 0 Å². The third-order valence-electron chi connectivity index (χ3n) is 10.0. The minimum Gasteiger partial charge on any atom is -0.342 e. The fourth-order valence-corrected chi connectivity index (χ4v) is 6.93. The van der Waals surface area contributed by atoms with Gasteiger partial charge >= 0.3 is 0 Å². The Bertz CT molecular complexity index is 1660. The van der Waals surface area contributed by atoms with Crippen LogP contribution in [-0.4, -0.2) is 100 Å². The van der Waals surface area contributed by atoms with Gasteiger partial charge in [-0.3, -0.25) is 28.8 Å². The van der Waals surface area contributed by atoms with E-state index < -0.39 is 78.6 Å². The van der Waals surface area contributed by atoms with Crippen LogP contribution in [0.2, 0.25) is 1.41 Å². The summed E-state index contributed by atoms with van der Waals surface area (Å²) in [7, 11) is -0.640. The second-order valence-corrected chi connectivity index (χ2v) is 13.4. The SMILES string of the molecule is [2H]CN1C(=O)C(=C)NC(=O)[C@@H]2CCCN2C(=O)[C@H]([C@@H](C)CC)N([2H])C(=O)[C@@H](Cc2ccccc2)NC(=O)[C@@H]2CCCN2C(=O)[C@@H]1Cc1ccccc1. The van der Waals surface area contributed by atoms with E-state index in [1.54, 1.807) is 55.5 Å². The summed E-state index contributed by atoms with van der Waals surface area (Å²) in [5, 5.41) is 6.01. The number of nitrogens with zero attached hydrogens (tertiary/aromatic N) is 3. The van der Waals surface area contributed by atoms with Crippen LogP contribution in [0.5, 0.6) is 0 Å². The Balaban J connectivity index is 1.59. The number of fused-ring (bicyclic) bond motifs is 2. The fourth-order valence-electron chi connectivity index (χ4n) is 6.93. The lowest BCUT2D eigenvalue weighted by Gasteiger charge is -2.35. The van der Waals surface area contributed by atoms with Crippen LogP contribution in [0.1, 0.15) is 58.4 Å². The lowest BCUT2D eigenvalue weighted by molar-refractivity contribution is -0.147. The molecule has 50 heavy (non-hydrogen) atoms. The van der Waals surface area contributed by atoms with Crippen molar-refractivity contribution < 1.29 is 31.5 Å². The van der Waals surface area contributed by atoms with Gasteiger partial charge in [0.2, 0.25) is 29.5 Å². The molecule has 3 saturated heterocycles. The molecule has 2 aromatic rings. The molecule has 0 aliphatic carbocycles. The molecule has 0 saturated carbocycles. The molecule has 5 rings (SSSR count). The lowest BCUT2D eigenvalue weighted by Crippen LogP contribution is -2.61. The molecule has 12 nitrogen and oxygen atoms in total. The summed E-state index contributed by atoms with van der Waals surface area (Å²) in [5.74, 6) is -4.52. The van der Waals surface area contributed by atoms with Gasteiger partial charge in [-0.05, 0) is 42.7 Å². The average Bonchev–Trinajstić information content (AvgIpc) is 3.85. The fraction of sp³-hybridized carbons (Fsp3) is 0.474. The number of likely N-dealkylation sites (N-methyl/N-ethyl adjacent to an activating group) is 1. The molecule has 3 heterocycles. The van der Waals surface area contributed by atoms with Gasteiger partial charge in [0.05, 0.1) is 5.70 Å². The molecule has 6 amide bonds. The van der Waals surface area contributed by atoms with Crippen molar-refractivity contribution in [1.29, 1.82) is 0 Å². The molecule has 0 bridgehead atoms. The molecule has 0 spiro atoms. The van der Waals surface area contributed by atoms with Crippen LogP contribution in [0.3, 0.4) is 0 Å². The van der Waals surface area contributed by atoms with Crippen LogP contribution in [-0.2, 0) is 41.6 Å². The molecule has 3 aliphatic heterocycles. The van der Waals surface area contributed by atoms with E-state index in [0.29, 0.717) is 35.7 Å². The van der Waals surface area contributed by atoms with E-state index in [1.165, 1.54) is 9.80 Å². The molecule has 6 atom stereocenters. The van der Waals surface area contributed by atoms with Crippen LogP contribution in [0.15, 0.2) is 72.9 Å². The highest BCUT2D eigenvalue weighted by Crippen LogP contribution is 2.25. The minimum atomic E-state index is -1.27. The van der Waals surface area contributed by atoms with Crippen molar-refractivity contribution in [3.8, 4) is 0 Å². The molecule has 0 unspecified atom stereocenters. The maximum Gasteiger partial charge on any atom is 0.270 e. The zero-order valence-electron chi connectivity index (χ0n) is 30.8. The van der Waals surface area contributed by atoms with Gasteiger partial charge in [-0.1, -0.05) is 87.5 Å². The smallest absolute Gasteiger partial charge is 0.270 e. The molecule has 12 heteroatoms. The summed E-state index contributed by atoms with van der Waals surface area (Å²) < 4.78 is 17.4. The highest BCUT2D eigenvalue weighted by Gasteiger charge is 2.43. The topological polar surface area (TPSA) is 148 Å². The maximum atomic E-state index is 14.5. The zero-order valence-corrected chi connectivity index (χ0v) is 28.8. The largest absolute Gasteiger partial charge is 0.342 e. The minimum absolute atomic E-state index is 0.0253. The summed E-state index contributed by atoms with van der Waals surface area (Å²) in [6, 6.07) is 12.2. The molecule has 0 aromatic heterocycles. The van der Waals surface area contributed by atoms with E-state index in [9.17, 15) is 28.8 Å². The number of carbonyl (C=O) groups excluding carboxylic acids is 6. The van der Waals surface area contributed by atoms with Gasteiger partial charge in [0.15, 0.2) is 1.41 Å². The predicted molar refractivity (Wildman–Crippen MR) is 187 cm³/mol. The highest BCUT2D eigenvalue weighted by atomic mass is 16.2. The van der Waals surface area contributed by atoms with Gasteiger partial charge in [-0.2, -0.15) is 0 Å². The molecule has 0 radical (unpaired) electrons. The van der Waals surface area contributed by atoms with Crippen molar-refractivity contribution in [3.63, 3.8) is 0 Å². The number of carbonyl (C=O) groups is 6. The Morgan fingerprint density at radius 1 is 0.820 bits per heavy atom. The standard InChI is InChI=1S/C38H48N6O6/c1-5-24(2)32-38(50)44-21-13-18-29(44)34(46)39-25(3)36(48)42(4)31(23-27-16-10-7-11-17-27)37(49)43-20-12-19-30(43)35(47)40-28(33(45)41-32)22-26-14-8-6-9-15-26/h6-11,14-17,24,28-32H,3,5,12-13,18-23H2,1-2,4H3,(H,39,46)(H,40,47)(H,41,45)/t24-,28+,29-,30-,31-,32-/m0/s1/i4D/hD. The first-order valence-corrected chi connectivity index (χ1v) is 17.4. The Labute approximate surface area is 296 Å². The number of nitrogens with one attached hydrogen (secondary N) is 3. The van der Waals surface area contributed by atoms with E-state index in [4.69, 9.17) is 2.78 Å². The van der Waals surface area contributed by atoms with Gasteiger partial charge in [0, 0.05) is 34.3 Å². The number of benzene rings is 2. The number of hydrogen-bond donors (Lipinski definition) is 3. The van der Waals surface area contributed by atoms with Crippen molar-refractivity contribution in [2.75, 3.05) is 20.1 Å². The van der Waals surface area contributed by atoms with Gasteiger partial charge in [0.1, 0.15) is 30.2 Å². The summed E-state index contributed by atoms with van der Waals surface area (Å²) in [5.41, 5.74) is 1.06. The van der Waals surface area contributed by atoms with E-state index in [0.717, 1.165) is 4.90 Å². The van der Waals surface area contributed by atoms with Crippen molar-refractivity contribution in [3.05, 3.63) is 84.1 Å². The third kappa shape index (κ3) is 8.06. The monoisotopic (exact) mass is 686 g/mol.